The van der Waals surface area contributed by atoms with Crippen molar-refractivity contribution in [3.05, 3.63) is 23.8 Å². The molecule has 1 aliphatic heterocycles. The molecule has 25 heavy (non-hydrogen) atoms. The van der Waals surface area contributed by atoms with Crippen LogP contribution in [0, 0.1) is 17.2 Å². The maximum Gasteiger partial charge on any atom is 0.404 e. The number of ether oxygens (including phenoxy) is 1. The summed E-state index contributed by atoms with van der Waals surface area (Å²) in [5.41, 5.74) is 1.17. The molecular formula is C18H21N3O4. The van der Waals surface area contributed by atoms with Crippen LogP contribution in [0.2, 0.25) is 0 Å². The molecule has 0 saturated heterocycles. The van der Waals surface area contributed by atoms with Crippen LogP contribution in [0.5, 0.6) is 5.75 Å². The summed E-state index contributed by atoms with van der Waals surface area (Å²) in [5.74, 6) is 1.02. The highest BCUT2D eigenvalue weighted by Gasteiger charge is 2.28. The van der Waals surface area contributed by atoms with Crippen LogP contribution in [-0.2, 0) is 4.79 Å². The predicted octanol–water partition coefficient (Wildman–Crippen LogP) is 2.50. The van der Waals surface area contributed by atoms with Gasteiger partial charge in [-0.15, -0.1) is 0 Å². The summed E-state index contributed by atoms with van der Waals surface area (Å²) < 4.78 is 5.44. The van der Waals surface area contributed by atoms with Crippen LogP contribution < -0.4 is 15.0 Å². The molecule has 0 unspecified atom stereocenters. The van der Waals surface area contributed by atoms with E-state index in [0.29, 0.717) is 29.5 Å². The molecule has 2 amide bonds. The van der Waals surface area contributed by atoms with Crippen LogP contribution in [0.1, 0.15) is 37.7 Å². The lowest BCUT2D eigenvalue weighted by molar-refractivity contribution is -0.121. The molecular weight excluding hydrogens is 322 g/mol. The zero-order valence-corrected chi connectivity index (χ0v) is 13.9. The van der Waals surface area contributed by atoms with E-state index in [1.807, 2.05) is 0 Å². The Morgan fingerprint density at radius 3 is 2.80 bits per heavy atom. The van der Waals surface area contributed by atoms with Crippen LogP contribution in [0.15, 0.2) is 18.2 Å². The van der Waals surface area contributed by atoms with Crippen molar-refractivity contribution in [2.45, 2.75) is 38.1 Å². The molecule has 2 N–H and O–H groups in total. The van der Waals surface area contributed by atoms with Crippen molar-refractivity contribution in [2.24, 2.45) is 5.92 Å². The van der Waals surface area contributed by atoms with Crippen molar-refractivity contribution in [1.82, 2.24) is 5.32 Å². The van der Waals surface area contributed by atoms with E-state index in [4.69, 9.17) is 15.1 Å². The Morgan fingerprint density at radius 2 is 2.12 bits per heavy atom. The molecule has 0 radical (unpaired) electrons. The van der Waals surface area contributed by atoms with Crippen molar-refractivity contribution in [3.63, 3.8) is 0 Å². The van der Waals surface area contributed by atoms with Crippen LogP contribution >= 0.6 is 0 Å². The number of anilines is 1. The van der Waals surface area contributed by atoms with Crippen molar-refractivity contribution < 1.29 is 19.4 Å². The van der Waals surface area contributed by atoms with Gasteiger partial charge in [0.25, 0.3) is 5.91 Å². The zero-order valence-electron chi connectivity index (χ0n) is 13.9. The molecule has 0 aromatic heterocycles. The van der Waals surface area contributed by atoms with Crippen molar-refractivity contribution in [2.75, 3.05) is 18.1 Å². The number of nitrogens with zero attached hydrogens (tertiary/aromatic N) is 2. The van der Waals surface area contributed by atoms with E-state index in [9.17, 15) is 9.59 Å². The smallest absolute Gasteiger partial charge is 0.404 e. The number of carboxylic acid groups (broad SMARTS) is 1. The van der Waals surface area contributed by atoms with Gasteiger partial charge in [0.2, 0.25) is 0 Å². The fourth-order valence-electron chi connectivity index (χ4n) is 3.60. The standard InChI is InChI=1S/C18H21N3O4/c19-10-13-3-6-16-15(9-13)21(17(22)11-25-16)8-7-12-1-4-14(5-2-12)20-18(23)24/h3,6,9,12,14,20H,1-2,4-5,7-8,11H2,(H,23,24)/t12-,14-. The fraction of sp³-hybridized carbons (Fsp3) is 0.500. The molecule has 1 aliphatic carbocycles. The van der Waals surface area contributed by atoms with E-state index >= 15 is 0 Å². The Morgan fingerprint density at radius 1 is 1.36 bits per heavy atom. The average molecular weight is 343 g/mol. The number of benzene rings is 1. The Bertz CT molecular complexity index is 705. The zero-order chi connectivity index (χ0) is 17.8. The first kappa shape index (κ1) is 17.1. The number of hydrogen-bond donors (Lipinski definition) is 2. The van der Waals surface area contributed by atoms with Gasteiger partial charge in [0.1, 0.15) is 5.75 Å². The molecule has 1 heterocycles. The number of carbonyl (C=O) groups excluding carboxylic acids is 1. The third-order valence-corrected chi connectivity index (χ3v) is 4.97. The Labute approximate surface area is 146 Å². The summed E-state index contributed by atoms with van der Waals surface area (Å²) >= 11 is 0. The van der Waals surface area contributed by atoms with Gasteiger partial charge in [-0.3, -0.25) is 4.79 Å². The quantitative estimate of drug-likeness (QED) is 0.874. The van der Waals surface area contributed by atoms with Crippen LogP contribution in [-0.4, -0.2) is 36.3 Å². The monoisotopic (exact) mass is 343 g/mol. The predicted molar refractivity (Wildman–Crippen MR) is 90.5 cm³/mol. The first-order chi connectivity index (χ1) is 12.1. The van der Waals surface area contributed by atoms with Crippen LogP contribution in [0.3, 0.4) is 0 Å². The third kappa shape index (κ3) is 4.02. The minimum atomic E-state index is -0.965. The highest BCUT2D eigenvalue weighted by molar-refractivity contribution is 5.98. The van der Waals surface area contributed by atoms with E-state index in [2.05, 4.69) is 11.4 Å². The highest BCUT2D eigenvalue weighted by Crippen LogP contribution is 2.34. The van der Waals surface area contributed by atoms with Crippen LogP contribution in [0.4, 0.5) is 10.5 Å². The summed E-state index contributed by atoms with van der Waals surface area (Å²) in [6.07, 6.45) is 3.48. The van der Waals surface area contributed by atoms with Gasteiger partial charge >= 0.3 is 6.09 Å². The van der Waals surface area contributed by atoms with E-state index in [1.165, 1.54) is 0 Å². The van der Waals surface area contributed by atoms with E-state index in [1.54, 1.807) is 23.1 Å². The lowest BCUT2D eigenvalue weighted by Gasteiger charge is -2.33. The number of amides is 2. The molecule has 1 aromatic carbocycles. The number of nitrogens with one attached hydrogen (secondary N) is 1. The molecule has 132 valence electrons. The first-order valence-electron chi connectivity index (χ1n) is 8.53. The minimum absolute atomic E-state index is 0.0220. The molecule has 0 bridgehead atoms. The Balaban J connectivity index is 1.60. The average Bonchev–Trinajstić information content (AvgIpc) is 2.61. The molecule has 1 saturated carbocycles. The molecule has 3 rings (SSSR count). The van der Waals surface area contributed by atoms with Gasteiger partial charge in [-0.25, -0.2) is 4.79 Å². The second kappa shape index (κ2) is 7.43. The van der Waals surface area contributed by atoms with Gasteiger partial charge in [-0.05, 0) is 56.2 Å². The molecule has 1 aromatic rings. The van der Waals surface area contributed by atoms with E-state index < -0.39 is 6.09 Å². The highest BCUT2D eigenvalue weighted by atomic mass is 16.5. The SMILES string of the molecule is N#Cc1ccc2c(c1)N(CC[C@H]1CC[C@H](NC(=O)O)CC1)C(=O)CO2. The first-order valence-corrected chi connectivity index (χ1v) is 8.53. The largest absolute Gasteiger partial charge is 0.482 e. The van der Waals surface area contributed by atoms with Crippen LogP contribution in [0.25, 0.3) is 0 Å². The lowest BCUT2D eigenvalue weighted by Crippen LogP contribution is -2.41. The topological polar surface area (TPSA) is 103 Å². The lowest BCUT2D eigenvalue weighted by atomic mass is 9.84. The molecule has 7 heteroatoms. The van der Waals surface area contributed by atoms with Gasteiger partial charge in [0.15, 0.2) is 6.61 Å². The molecule has 2 aliphatic rings. The number of carbonyl (C=O) groups is 2. The Hall–Kier alpha value is -2.75. The minimum Gasteiger partial charge on any atom is -0.482 e. The number of fused-ring (bicyclic) bond motifs is 1. The van der Waals surface area contributed by atoms with E-state index in [0.717, 1.165) is 32.1 Å². The van der Waals surface area contributed by atoms with Crippen molar-refractivity contribution >= 4 is 17.7 Å². The summed E-state index contributed by atoms with van der Waals surface area (Å²) in [5, 5.41) is 20.4. The van der Waals surface area contributed by atoms with Gasteiger partial charge in [-0.1, -0.05) is 0 Å². The second-order valence-corrected chi connectivity index (χ2v) is 6.58. The fourth-order valence-corrected chi connectivity index (χ4v) is 3.60. The molecule has 0 atom stereocenters. The van der Waals surface area contributed by atoms with Gasteiger partial charge in [0.05, 0.1) is 17.3 Å². The third-order valence-electron chi connectivity index (χ3n) is 4.97. The summed E-state index contributed by atoms with van der Waals surface area (Å²) in [4.78, 5) is 24.7. The summed E-state index contributed by atoms with van der Waals surface area (Å²) in [7, 11) is 0. The summed E-state index contributed by atoms with van der Waals surface area (Å²) in [6.45, 7) is 0.611. The normalized spacial score (nSPS) is 22.5. The maximum atomic E-state index is 12.2. The second-order valence-electron chi connectivity index (χ2n) is 6.58. The number of hydrogen-bond acceptors (Lipinski definition) is 4. The van der Waals surface area contributed by atoms with Crippen molar-refractivity contribution in [1.29, 1.82) is 5.26 Å². The number of nitriles is 1. The molecule has 1 fully saturated rings. The molecule has 0 spiro atoms. The van der Waals surface area contributed by atoms with Gasteiger partial charge < -0.3 is 20.1 Å². The Kier molecular flexibility index (Phi) is 5.08. The molecule has 7 nitrogen and oxygen atoms in total. The van der Waals surface area contributed by atoms with E-state index in [-0.39, 0.29) is 18.6 Å². The number of rotatable bonds is 4. The maximum absolute atomic E-state index is 12.2. The van der Waals surface area contributed by atoms with Crippen molar-refractivity contribution in [3.8, 4) is 11.8 Å². The van der Waals surface area contributed by atoms with Gasteiger partial charge in [-0.2, -0.15) is 5.26 Å². The summed E-state index contributed by atoms with van der Waals surface area (Å²) in [6, 6.07) is 7.24. The van der Waals surface area contributed by atoms with Gasteiger partial charge in [0, 0.05) is 12.6 Å².